The Morgan fingerprint density at radius 1 is 1.11 bits per heavy atom. The van der Waals surface area contributed by atoms with Crippen molar-refractivity contribution in [2.24, 2.45) is 0 Å². The van der Waals surface area contributed by atoms with Gasteiger partial charge >= 0.3 is 0 Å². The summed E-state index contributed by atoms with van der Waals surface area (Å²) in [6.45, 7) is 3.89. The monoisotopic (exact) mass is 503 g/mol. The Kier molecular flexibility index (Phi) is 5.30. The highest BCUT2D eigenvalue weighted by Gasteiger charge is 2.56. The SMILES string of the molecule is COc1cc2c(N)c(C#N)cnc2cc1OC[C@H]1O[C@@H](n2ccc3c(N)ncnc32)[C@@H]2OC(C)(C)O[C@@H]21. The normalized spacial score (nSPS) is 24.3. The second-order valence-corrected chi connectivity index (χ2v) is 9.38. The van der Waals surface area contributed by atoms with Gasteiger partial charge in [0.05, 0.1) is 29.3 Å². The molecule has 2 aliphatic rings. The van der Waals surface area contributed by atoms with Crippen LogP contribution in [0.25, 0.3) is 21.9 Å². The molecular formula is C25H25N7O5. The number of anilines is 2. The molecule has 3 aromatic heterocycles. The molecule has 2 fully saturated rings. The lowest BCUT2D eigenvalue weighted by Gasteiger charge is -2.25. The number of aromatic nitrogens is 4. The minimum absolute atomic E-state index is 0.154. The van der Waals surface area contributed by atoms with E-state index in [9.17, 15) is 5.26 Å². The van der Waals surface area contributed by atoms with Gasteiger partial charge in [0.1, 0.15) is 48.8 Å². The molecule has 0 saturated carbocycles. The van der Waals surface area contributed by atoms with Crippen LogP contribution in [-0.2, 0) is 14.2 Å². The van der Waals surface area contributed by atoms with Crippen molar-refractivity contribution < 1.29 is 23.7 Å². The molecule has 0 bridgehead atoms. The van der Waals surface area contributed by atoms with Crippen LogP contribution < -0.4 is 20.9 Å². The van der Waals surface area contributed by atoms with Crippen molar-refractivity contribution in [2.75, 3.05) is 25.2 Å². The molecule has 37 heavy (non-hydrogen) atoms. The van der Waals surface area contributed by atoms with E-state index in [0.717, 1.165) is 5.39 Å². The van der Waals surface area contributed by atoms with Gasteiger partial charge in [-0.05, 0) is 26.0 Å². The maximum atomic E-state index is 9.26. The van der Waals surface area contributed by atoms with Crippen LogP contribution in [-0.4, -0.2) is 57.3 Å². The van der Waals surface area contributed by atoms with E-state index in [4.69, 9.17) is 35.2 Å². The number of fused-ring (bicyclic) bond motifs is 3. The quantitative estimate of drug-likeness (QED) is 0.411. The van der Waals surface area contributed by atoms with Crippen molar-refractivity contribution in [1.29, 1.82) is 5.26 Å². The fraction of sp³-hybridized carbons (Fsp3) is 0.360. The number of hydrogen-bond acceptors (Lipinski definition) is 11. The van der Waals surface area contributed by atoms with Crippen LogP contribution >= 0.6 is 0 Å². The molecule has 0 amide bonds. The number of rotatable bonds is 5. The predicted molar refractivity (Wildman–Crippen MR) is 133 cm³/mol. The van der Waals surface area contributed by atoms with Gasteiger partial charge < -0.3 is 39.7 Å². The van der Waals surface area contributed by atoms with Gasteiger partial charge in [-0.25, -0.2) is 9.97 Å². The van der Waals surface area contributed by atoms with Crippen LogP contribution in [0.1, 0.15) is 25.6 Å². The molecule has 12 nitrogen and oxygen atoms in total. The molecule has 0 unspecified atom stereocenters. The second-order valence-electron chi connectivity index (χ2n) is 9.38. The molecule has 2 aliphatic heterocycles. The van der Waals surface area contributed by atoms with Gasteiger partial charge in [0.25, 0.3) is 0 Å². The Labute approximate surface area is 211 Å². The molecule has 4 N–H and O–H groups in total. The zero-order valence-corrected chi connectivity index (χ0v) is 20.4. The van der Waals surface area contributed by atoms with Gasteiger partial charge in [0, 0.05) is 23.8 Å². The summed E-state index contributed by atoms with van der Waals surface area (Å²) in [5, 5.41) is 10.6. The first-order valence-electron chi connectivity index (χ1n) is 11.7. The van der Waals surface area contributed by atoms with Gasteiger partial charge in [0.15, 0.2) is 23.5 Å². The van der Waals surface area contributed by atoms with Gasteiger partial charge in [-0.1, -0.05) is 0 Å². The van der Waals surface area contributed by atoms with Gasteiger partial charge in [0.2, 0.25) is 0 Å². The summed E-state index contributed by atoms with van der Waals surface area (Å²) in [5.41, 5.74) is 14.0. The van der Waals surface area contributed by atoms with E-state index >= 15 is 0 Å². The van der Waals surface area contributed by atoms with Crippen LogP contribution in [0, 0.1) is 11.3 Å². The van der Waals surface area contributed by atoms with Gasteiger partial charge in [-0.2, -0.15) is 5.26 Å². The molecule has 0 aliphatic carbocycles. The Balaban J connectivity index is 1.30. The van der Waals surface area contributed by atoms with Crippen molar-refractivity contribution in [3.8, 4) is 17.6 Å². The summed E-state index contributed by atoms with van der Waals surface area (Å²) in [6, 6.07) is 7.33. The number of hydrogen-bond donors (Lipinski definition) is 2. The van der Waals surface area contributed by atoms with Gasteiger partial charge in [-0.3, -0.25) is 4.98 Å². The standard InChI is InChI=1S/C25H25N7O5/c1-25(2)36-20-18(35-24(21(20)37-25)32-5-4-13-22(28)30-11-31-23(13)32)10-34-17-7-15-14(6-16(17)33-3)19(27)12(8-26)9-29-15/h4-7,9,11,18,20-21,24H,10H2,1-3H3,(H2,27,29)(H2,28,30,31)/t18-,20-,21-,24-/m1/s1. The molecule has 1 aromatic carbocycles. The third-order valence-electron chi connectivity index (χ3n) is 6.66. The lowest BCUT2D eigenvalue weighted by atomic mass is 10.1. The highest BCUT2D eigenvalue weighted by Crippen LogP contribution is 2.44. The van der Waals surface area contributed by atoms with E-state index in [0.29, 0.717) is 45.1 Å². The Bertz CT molecular complexity index is 1560. The summed E-state index contributed by atoms with van der Waals surface area (Å²) in [6.07, 6.45) is 2.93. The molecular weight excluding hydrogens is 478 g/mol. The Hall–Kier alpha value is -4.18. The molecule has 2 saturated heterocycles. The fourth-order valence-corrected chi connectivity index (χ4v) is 4.97. The lowest BCUT2D eigenvalue weighted by Crippen LogP contribution is -2.34. The Morgan fingerprint density at radius 3 is 2.70 bits per heavy atom. The van der Waals surface area contributed by atoms with Crippen molar-refractivity contribution in [3.05, 3.63) is 42.5 Å². The van der Waals surface area contributed by atoms with Crippen LogP contribution in [0.15, 0.2) is 36.9 Å². The highest BCUT2D eigenvalue weighted by atomic mass is 16.8. The molecule has 6 rings (SSSR count). The maximum Gasteiger partial charge on any atom is 0.164 e. The Morgan fingerprint density at radius 2 is 1.92 bits per heavy atom. The first kappa shape index (κ1) is 23.2. The number of nitriles is 1. The zero-order chi connectivity index (χ0) is 25.9. The molecule has 5 heterocycles. The minimum atomic E-state index is -0.798. The zero-order valence-electron chi connectivity index (χ0n) is 20.4. The molecule has 4 atom stereocenters. The summed E-state index contributed by atoms with van der Waals surface area (Å²) < 4.78 is 32.5. The van der Waals surface area contributed by atoms with Crippen molar-refractivity contribution >= 4 is 33.4 Å². The molecule has 0 spiro atoms. The van der Waals surface area contributed by atoms with Crippen LogP contribution in [0.2, 0.25) is 0 Å². The average molecular weight is 504 g/mol. The fourth-order valence-electron chi connectivity index (χ4n) is 4.97. The summed E-state index contributed by atoms with van der Waals surface area (Å²) in [7, 11) is 1.53. The highest BCUT2D eigenvalue weighted by molar-refractivity contribution is 5.94. The largest absolute Gasteiger partial charge is 0.493 e. The number of methoxy groups -OCH3 is 1. The van der Waals surface area contributed by atoms with Crippen LogP contribution in [0.5, 0.6) is 11.5 Å². The summed E-state index contributed by atoms with van der Waals surface area (Å²) in [4.78, 5) is 12.8. The first-order valence-corrected chi connectivity index (χ1v) is 11.7. The van der Waals surface area contributed by atoms with E-state index in [-0.39, 0.29) is 6.61 Å². The van der Waals surface area contributed by atoms with Crippen LogP contribution in [0.3, 0.4) is 0 Å². The number of ether oxygens (including phenoxy) is 5. The average Bonchev–Trinajstić information content (AvgIpc) is 3.54. The predicted octanol–water partition coefficient (Wildman–Crippen LogP) is 2.52. The van der Waals surface area contributed by atoms with Crippen molar-refractivity contribution in [2.45, 2.75) is 44.2 Å². The topological polar surface area (TPSA) is 166 Å². The van der Waals surface area contributed by atoms with E-state index in [2.05, 4.69) is 15.0 Å². The van der Waals surface area contributed by atoms with E-state index in [1.807, 2.05) is 36.7 Å². The number of pyridine rings is 1. The summed E-state index contributed by atoms with van der Waals surface area (Å²) in [5.74, 6) is 0.504. The van der Waals surface area contributed by atoms with Crippen molar-refractivity contribution in [3.63, 3.8) is 0 Å². The van der Waals surface area contributed by atoms with E-state index < -0.39 is 30.3 Å². The molecule has 190 valence electrons. The third-order valence-corrected chi connectivity index (χ3v) is 6.66. The van der Waals surface area contributed by atoms with E-state index in [1.165, 1.54) is 19.6 Å². The number of nitrogen functional groups attached to an aromatic ring is 2. The second kappa shape index (κ2) is 8.45. The summed E-state index contributed by atoms with van der Waals surface area (Å²) >= 11 is 0. The van der Waals surface area contributed by atoms with Crippen LogP contribution in [0.4, 0.5) is 11.5 Å². The molecule has 12 heteroatoms. The molecule has 4 aromatic rings. The third kappa shape index (κ3) is 3.75. The maximum absolute atomic E-state index is 9.26. The number of nitrogens with zero attached hydrogens (tertiary/aromatic N) is 5. The first-order chi connectivity index (χ1) is 17.8. The number of nitrogens with two attached hydrogens (primary N) is 2. The smallest absolute Gasteiger partial charge is 0.164 e. The number of benzene rings is 1. The van der Waals surface area contributed by atoms with E-state index in [1.54, 1.807) is 12.1 Å². The lowest BCUT2D eigenvalue weighted by molar-refractivity contribution is -0.198. The minimum Gasteiger partial charge on any atom is -0.493 e. The van der Waals surface area contributed by atoms with Gasteiger partial charge in [-0.15, -0.1) is 0 Å². The van der Waals surface area contributed by atoms with Crippen molar-refractivity contribution in [1.82, 2.24) is 19.5 Å². The molecule has 0 radical (unpaired) electrons.